The van der Waals surface area contributed by atoms with E-state index in [9.17, 15) is 4.79 Å². The van der Waals surface area contributed by atoms with Crippen LogP contribution in [0.4, 0.5) is 0 Å². The first kappa shape index (κ1) is 20.3. The van der Waals surface area contributed by atoms with E-state index < -0.39 is 6.10 Å². The minimum absolute atomic E-state index is 0.189. The van der Waals surface area contributed by atoms with Gasteiger partial charge in [-0.15, -0.1) is 0 Å². The zero-order chi connectivity index (χ0) is 20.4. The number of ketones is 1. The molecule has 2 atom stereocenters. The number of halogens is 1. The molecule has 1 saturated heterocycles. The van der Waals surface area contributed by atoms with E-state index in [0.717, 1.165) is 5.56 Å². The Morgan fingerprint density at radius 2 is 1.50 bits per heavy atom. The first-order chi connectivity index (χ1) is 13.5. The van der Waals surface area contributed by atoms with Gasteiger partial charge in [-0.1, -0.05) is 6.07 Å². The fourth-order valence-corrected chi connectivity index (χ4v) is 3.70. The molecule has 0 unspecified atom stereocenters. The summed E-state index contributed by atoms with van der Waals surface area (Å²) in [6.45, 7) is 0. The third-order valence-corrected chi connectivity index (χ3v) is 5.31. The molecule has 0 aliphatic carbocycles. The second-order valence-electron chi connectivity index (χ2n) is 5.96. The minimum atomic E-state index is -0.614. The number of hydrogen-bond donors (Lipinski definition) is 0. The lowest BCUT2D eigenvalue weighted by Gasteiger charge is -2.16. The van der Waals surface area contributed by atoms with Crippen LogP contribution in [0.1, 0.15) is 22.0 Å². The van der Waals surface area contributed by atoms with Gasteiger partial charge in [0, 0.05) is 5.56 Å². The van der Waals surface area contributed by atoms with E-state index in [0.29, 0.717) is 38.8 Å². The van der Waals surface area contributed by atoms with E-state index in [2.05, 4.69) is 15.9 Å². The molecule has 0 saturated carbocycles. The highest BCUT2D eigenvalue weighted by Gasteiger charge is 2.47. The third-order valence-electron chi connectivity index (χ3n) is 4.52. The van der Waals surface area contributed by atoms with Crippen molar-refractivity contribution in [2.45, 2.75) is 12.2 Å². The van der Waals surface area contributed by atoms with Crippen molar-refractivity contribution >= 4 is 21.7 Å². The number of carbonyl (C=O) groups is 1. The van der Waals surface area contributed by atoms with Crippen molar-refractivity contribution in [2.24, 2.45) is 0 Å². The zero-order valence-corrected chi connectivity index (χ0v) is 17.8. The zero-order valence-electron chi connectivity index (χ0n) is 16.2. The molecule has 0 amide bonds. The second kappa shape index (κ2) is 8.28. The average Bonchev–Trinajstić information content (AvgIpc) is 3.53. The van der Waals surface area contributed by atoms with E-state index in [1.54, 1.807) is 32.4 Å². The van der Waals surface area contributed by atoms with Crippen LogP contribution in [0, 0.1) is 0 Å². The molecular weight excluding hydrogens is 432 g/mol. The van der Waals surface area contributed by atoms with Crippen molar-refractivity contribution in [3.8, 4) is 28.7 Å². The van der Waals surface area contributed by atoms with Crippen LogP contribution in [0.15, 0.2) is 28.7 Å². The first-order valence-corrected chi connectivity index (χ1v) is 9.20. The SMILES string of the molecule is COc1ccc([C@H]2O[C@H]2C(=O)c2cc(OC)c(OC)c(OC)c2Br)cc1OC. The Morgan fingerprint density at radius 1 is 0.857 bits per heavy atom. The van der Waals surface area contributed by atoms with Crippen LogP contribution in [0.25, 0.3) is 0 Å². The van der Waals surface area contributed by atoms with Crippen LogP contribution in [-0.4, -0.2) is 47.4 Å². The van der Waals surface area contributed by atoms with Crippen LogP contribution < -0.4 is 23.7 Å². The molecular formula is C20H21BrO7. The molecule has 3 rings (SSSR count). The average molecular weight is 453 g/mol. The summed E-state index contributed by atoms with van der Waals surface area (Å²) in [5, 5.41) is 0. The summed E-state index contributed by atoms with van der Waals surface area (Å²) in [5.74, 6) is 2.19. The molecule has 0 spiro atoms. The maximum Gasteiger partial charge on any atom is 0.204 e. The summed E-state index contributed by atoms with van der Waals surface area (Å²) >= 11 is 3.44. The van der Waals surface area contributed by atoms with Gasteiger partial charge in [-0.2, -0.15) is 0 Å². The number of Topliss-reactive ketones (excluding diaryl/α,β-unsaturated/α-hetero) is 1. The lowest BCUT2D eigenvalue weighted by Crippen LogP contribution is -2.11. The van der Waals surface area contributed by atoms with E-state index in [1.165, 1.54) is 21.3 Å². The number of epoxide rings is 1. The highest BCUT2D eigenvalue weighted by molar-refractivity contribution is 9.10. The molecule has 0 bridgehead atoms. The number of carbonyl (C=O) groups excluding carboxylic acids is 1. The summed E-state index contributed by atoms with van der Waals surface area (Å²) in [6, 6.07) is 7.05. The summed E-state index contributed by atoms with van der Waals surface area (Å²) in [7, 11) is 7.63. The van der Waals surface area contributed by atoms with Gasteiger partial charge in [0.15, 0.2) is 34.9 Å². The van der Waals surface area contributed by atoms with Crippen LogP contribution in [0.2, 0.25) is 0 Å². The molecule has 1 aliphatic rings. The van der Waals surface area contributed by atoms with Gasteiger partial charge >= 0.3 is 0 Å². The molecule has 7 nitrogen and oxygen atoms in total. The van der Waals surface area contributed by atoms with Crippen molar-refractivity contribution in [3.05, 3.63) is 39.9 Å². The molecule has 2 aromatic carbocycles. The smallest absolute Gasteiger partial charge is 0.204 e. The molecule has 28 heavy (non-hydrogen) atoms. The van der Waals surface area contributed by atoms with Crippen LogP contribution in [-0.2, 0) is 4.74 Å². The summed E-state index contributed by atoms with van der Waals surface area (Å²) < 4.78 is 32.8. The summed E-state index contributed by atoms with van der Waals surface area (Å²) in [6.07, 6.45) is -0.976. The largest absolute Gasteiger partial charge is 0.493 e. The van der Waals surface area contributed by atoms with E-state index in [4.69, 9.17) is 28.4 Å². The van der Waals surface area contributed by atoms with Crippen molar-refractivity contribution in [3.63, 3.8) is 0 Å². The fraction of sp³-hybridized carbons (Fsp3) is 0.350. The maximum atomic E-state index is 13.1. The topological polar surface area (TPSA) is 75.8 Å². The Kier molecular flexibility index (Phi) is 6.00. The third kappa shape index (κ3) is 3.49. The van der Waals surface area contributed by atoms with Gasteiger partial charge in [-0.05, 0) is 39.7 Å². The molecule has 150 valence electrons. The molecule has 0 N–H and O–H groups in total. The number of hydrogen-bond acceptors (Lipinski definition) is 7. The van der Waals surface area contributed by atoms with Crippen LogP contribution >= 0.6 is 15.9 Å². The Bertz CT molecular complexity index is 897. The Hall–Kier alpha value is -2.45. The molecule has 0 aromatic heterocycles. The maximum absolute atomic E-state index is 13.1. The van der Waals surface area contributed by atoms with Gasteiger partial charge in [0.2, 0.25) is 5.75 Å². The fourth-order valence-electron chi connectivity index (χ4n) is 3.05. The molecule has 0 radical (unpaired) electrons. The predicted octanol–water partition coefficient (Wildman–Crippen LogP) is 3.81. The minimum Gasteiger partial charge on any atom is -0.493 e. The van der Waals surface area contributed by atoms with Crippen molar-refractivity contribution in [1.82, 2.24) is 0 Å². The Balaban J connectivity index is 1.90. The normalized spacial score (nSPS) is 17.6. The van der Waals surface area contributed by atoms with E-state index in [1.807, 2.05) is 6.07 Å². The monoisotopic (exact) mass is 452 g/mol. The Morgan fingerprint density at radius 3 is 2.07 bits per heavy atom. The molecule has 8 heteroatoms. The summed E-state index contributed by atoms with van der Waals surface area (Å²) in [5.41, 5.74) is 1.22. The number of rotatable bonds is 8. The quantitative estimate of drug-likeness (QED) is 0.445. The number of benzene rings is 2. The van der Waals surface area contributed by atoms with Crippen molar-refractivity contribution in [1.29, 1.82) is 0 Å². The van der Waals surface area contributed by atoms with E-state index >= 15 is 0 Å². The highest BCUT2D eigenvalue weighted by Crippen LogP contribution is 2.48. The molecule has 1 aliphatic heterocycles. The van der Waals surface area contributed by atoms with Gasteiger partial charge in [-0.25, -0.2) is 0 Å². The van der Waals surface area contributed by atoms with Gasteiger partial charge in [0.25, 0.3) is 0 Å². The second-order valence-corrected chi connectivity index (χ2v) is 6.76. The van der Waals surface area contributed by atoms with Crippen molar-refractivity contribution in [2.75, 3.05) is 35.5 Å². The van der Waals surface area contributed by atoms with Gasteiger partial charge < -0.3 is 28.4 Å². The molecule has 2 aromatic rings. The van der Waals surface area contributed by atoms with E-state index in [-0.39, 0.29) is 11.9 Å². The first-order valence-electron chi connectivity index (χ1n) is 8.40. The van der Waals surface area contributed by atoms with Gasteiger partial charge in [0.1, 0.15) is 6.10 Å². The molecule has 1 heterocycles. The molecule has 1 fully saturated rings. The van der Waals surface area contributed by atoms with Crippen LogP contribution in [0.5, 0.6) is 28.7 Å². The predicted molar refractivity (Wildman–Crippen MR) is 105 cm³/mol. The van der Waals surface area contributed by atoms with Gasteiger partial charge in [-0.3, -0.25) is 4.79 Å². The van der Waals surface area contributed by atoms with Crippen molar-refractivity contribution < 1.29 is 33.2 Å². The standard InChI is InChI=1S/C20H21BrO7/c1-23-12-7-6-10(8-13(12)24-2)17-20(28-17)16(22)11-9-14(25-3)18(26-4)19(27-5)15(11)21/h6-9,17,20H,1-5H3/t17-,20+/m1/s1. The van der Waals surface area contributed by atoms with Gasteiger partial charge in [0.05, 0.1) is 40.0 Å². The number of ether oxygens (including phenoxy) is 6. The summed E-state index contributed by atoms with van der Waals surface area (Å²) in [4.78, 5) is 13.1. The Labute approximate surface area is 171 Å². The number of methoxy groups -OCH3 is 5. The lowest BCUT2D eigenvalue weighted by atomic mass is 10.0. The lowest BCUT2D eigenvalue weighted by molar-refractivity contribution is 0.0952. The van der Waals surface area contributed by atoms with Crippen LogP contribution in [0.3, 0.4) is 0 Å². The highest BCUT2D eigenvalue weighted by atomic mass is 79.9.